The van der Waals surface area contributed by atoms with Gasteiger partial charge in [0.25, 0.3) is 5.56 Å². The molecule has 0 radical (unpaired) electrons. The molecule has 7 nitrogen and oxygen atoms in total. The van der Waals surface area contributed by atoms with Crippen LogP contribution < -0.4 is 21.9 Å². The number of nitrogens with zero attached hydrogens (tertiary/aromatic N) is 1. The Bertz CT molecular complexity index is 1130. The molecule has 0 saturated heterocycles. The van der Waals surface area contributed by atoms with Crippen LogP contribution in [-0.2, 0) is 11.1 Å². The van der Waals surface area contributed by atoms with Crippen LogP contribution in [0.2, 0.25) is 0 Å². The van der Waals surface area contributed by atoms with E-state index in [1.807, 2.05) is 12.1 Å². The minimum absolute atomic E-state index is 0.119. The molecular formula is C21H22BrN2O5P. The van der Waals surface area contributed by atoms with Crippen molar-refractivity contribution in [1.29, 1.82) is 0 Å². The molecule has 158 valence electrons. The van der Waals surface area contributed by atoms with Crippen molar-refractivity contribution >= 4 is 33.7 Å². The smallest absolute Gasteiger partial charge is 0.328 e. The van der Waals surface area contributed by atoms with Crippen LogP contribution in [0.25, 0.3) is 0 Å². The molecule has 0 amide bonds. The molecule has 30 heavy (non-hydrogen) atoms. The molecule has 1 heterocycles. The minimum atomic E-state index is -3.30. The Balaban J connectivity index is 1.96. The standard InChI is InChI=1S/C21H22BrN2O5P/c1-21(28,18(25)13-24-12-17(22)19(26)23-20(24)27)14-30(29,15-8-4-2-5-9-15)16-10-6-3-7-11-16/h2-12,18,25,28H,13-14H2,1H3,(H,23,26,27)/t18-,21-/m0/s1. The maximum atomic E-state index is 14.2. The van der Waals surface area contributed by atoms with Crippen LogP contribution >= 0.6 is 23.1 Å². The Labute approximate surface area is 181 Å². The van der Waals surface area contributed by atoms with E-state index in [-0.39, 0.29) is 17.2 Å². The third-order valence-corrected chi connectivity index (χ3v) is 8.86. The number of rotatable bonds is 7. The second-order valence-corrected chi connectivity index (χ2v) is 11.0. The van der Waals surface area contributed by atoms with E-state index < -0.39 is 30.1 Å². The lowest BCUT2D eigenvalue weighted by atomic mass is 10.0. The van der Waals surface area contributed by atoms with E-state index in [0.717, 1.165) is 4.57 Å². The van der Waals surface area contributed by atoms with Crippen molar-refractivity contribution in [3.8, 4) is 0 Å². The number of H-pyrrole nitrogens is 1. The highest BCUT2D eigenvalue weighted by molar-refractivity contribution is 9.10. The molecule has 0 fully saturated rings. The number of aromatic nitrogens is 2. The van der Waals surface area contributed by atoms with E-state index in [0.29, 0.717) is 10.6 Å². The van der Waals surface area contributed by atoms with E-state index >= 15 is 0 Å². The van der Waals surface area contributed by atoms with Crippen LogP contribution in [0.15, 0.2) is 80.9 Å². The Morgan fingerprint density at radius 1 is 1.07 bits per heavy atom. The Kier molecular flexibility index (Phi) is 6.62. The van der Waals surface area contributed by atoms with Gasteiger partial charge in [-0.2, -0.15) is 0 Å². The van der Waals surface area contributed by atoms with Gasteiger partial charge in [-0.3, -0.25) is 14.3 Å². The summed E-state index contributed by atoms with van der Waals surface area (Å²) < 4.78 is 15.4. The van der Waals surface area contributed by atoms with Gasteiger partial charge in [0.1, 0.15) is 13.2 Å². The lowest BCUT2D eigenvalue weighted by molar-refractivity contribution is -0.0533. The van der Waals surface area contributed by atoms with Crippen molar-refractivity contribution in [2.24, 2.45) is 0 Å². The second-order valence-electron chi connectivity index (χ2n) is 7.33. The molecule has 2 atom stereocenters. The third-order valence-electron chi connectivity index (χ3n) is 4.94. The summed E-state index contributed by atoms with van der Waals surface area (Å²) in [4.78, 5) is 25.7. The zero-order valence-electron chi connectivity index (χ0n) is 16.2. The lowest BCUT2D eigenvalue weighted by Gasteiger charge is -2.33. The predicted octanol–water partition coefficient (Wildman–Crippen LogP) is 1.43. The molecule has 2 aromatic carbocycles. The molecule has 1 aromatic heterocycles. The summed E-state index contributed by atoms with van der Waals surface area (Å²) in [6.45, 7) is 1.10. The first-order chi connectivity index (χ1) is 14.1. The number of aromatic amines is 1. The highest BCUT2D eigenvalue weighted by atomic mass is 79.9. The van der Waals surface area contributed by atoms with Crippen LogP contribution in [0, 0.1) is 0 Å². The van der Waals surface area contributed by atoms with Gasteiger partial charge in [-0.1, -0.05) is 60.7 Å². The molecule has 0 bridgehead atoms. The van der Waals surface area contributed by atoms with Gasteiger partial charge in [0.05, 0.1) is 16.6 Å². The van der Waals surface area contributed by atoms with Crippen molar-refractivity contribution in [1.82, 2.24) is 9.55 Å². The summed E-state index contributed by atoms with van der Waals surface area (Å²) in [6, 6.07) is 17.7. The van der Waals surface area contributed by atoms with Crippen molar-refractivity contribution in [3.05, 3.63) is 92.2 Å². The molecule has 0 unspecified atom stereocenters. The Morgan fingerprint density at radius 3 is 2.07 bits per heavy atom. The molecule has 0 aliphatic heterocycles. The number of hydrogen-bond donors (Lipinski definition) is 3. The Hall–Kier alpha value is -2.25. The highest BCUT2D eigenvalue weighted by Crippen LogP contribution is 2.46. The molecule has 0 saturated carbocycles. The van der Waals surface area contributed by atoms with E-state index in [1.165, 1.54) is 13.1 Å². The summed E-state index contributed by atoms with van der Waals surface area (Å²) in [6.07, 6.45) is -0.406. The molecule has 9 heteroatoms. The lowest BCUT2D eigenvalue weighted by Crippen LogP contribution is -2.48. The fraction of sp³-hybridized carbons (Fsp3) is 0.238. The van der Waals surface area contributed by atoms with Crippen LogP contribution in [0.3, 0.4) is 0 Å². The van der Waals surface area contributed by atoms with Gasteiger partial charge in [-0.05, 0) is 22.9 Å². The maximum absolute atomic E-state index is 14.2. The number of aliphatic hydroxyl groups is 2. The summed E-state index contributed by atoms with van der Waals surface area (Å²) >= 11 is 3.04. The zero-order valence-corrected chi connectivity index (χ0v) is 18.7. The summed E-state index contributed by atoms with van der Waals surface area (Å²) in [7, 11) is -3.30. The average molecular weight is 493 g/mol. The molecule has 3 N–H and O–H groups in total. The number of nitrogens with one attached hydrogen (secondary N) is 1. The third kappa shape index (κ3) is 4.73. The number of halogens is 1. The average Bonchev–Trinajstić information content (AvgIpc) is 2.73. The summed E-state index contributed by atoms with van der Waals surface area (Å²) in [5.41, 5.74) is -3.09. The van der Waals surface area contributed by atoms with Crippen LogP contribution in [0.4, 0.5) is 0 Å². The molecule has 0 aliphatic carbocycles. The quantitative estimate of drug-likeness (QED) is 0.432. The van der Waals surface area contributed by atoms with E-state index in [4.69, 9.17) is 0 Å². The molecular weight excluding hydrogens is 471 g/mol. The van der Waals surface area contributed by atoms with Gasteiger partial charge in [-0.15, -0.1) is 0 Å². The molecule has 0 spiro atoms. The second kappa shape index (κ2) is 8.86. The van der Waals surface area contributed by atoms with Crippen molar-refractivity contribution in [2.45, 2.75) is 25.2 Å². The monoisotopic (exact) mass is 492 g/mol. The zero-order chi connectivity index (χ0) is 21.9. The van der Waals surface area contributed by atoms with E-state index in [1.54, 1.807) is 48.5 Å². The van der Waals surface area contributed by atoms with Crippen LogP contribution in [0.1, 0.15) is 6.92 Å². The van der Waals surface area contributed by atoms with E-state index in [2.05, 4.69) is 20.9 Å². The van der Waals surface area contributed by atoms with Crippen molar-refractivity contribution in [2.75, 3.05) is 6.16 Å². The highest BCUT2D eigenvalue weighted by Gasteiger charge is 2.40. The van der Waals surface area contributed by atoms with Gasteiger partial charge in [0.2, 0.25) is 0 Å². The van der Waals surface area contributed by atoms with Crippen molar-refractivity contribution < 1.29 is 14.8 Å². The number of benzene rings is 2. The minimum Gasteiger partial charge on any atom is -0.388 e. The first-order valence-electron chi connectivity index (χ1n) is 9.23. The molecule has 3 rings (SSSR count). The number of hydrogen-bond acceptors (Lipinski definition) is 5. The number of aliphatic hydroxyl groups excluding tert-OH is 1. The predicted molar refractivity (Wildman–Crippen MR) is 120 cm³/mol. The largest absolute Gasteiger partial charge is 0.388 e. The van der Waals surface area contributed by atoms with Gasteiger partial charge in [0, 0.05) is 23.0 Å². The van der Waals surface area contributed by atoms with Crippen molar-refractivity contribution in [3.63, 3.8) is 0 Å². The fourth-order valence-corrected chi connectivity index (χ4v) is 6.66. The first kappa shape index (κ1) is 22.4. The van der Waals surface area contributed by atoms with Crippen LogP contribution in [-0.4, -0.2) is 37.6 Å². The molecule has 3 aromatic rings. The first-order valence-corrected chi connectivity index (χ1v) is 11.9. The normalized spacial score (nSPS) is 14.8. The fourth-order valence-electron chi connectivity index (χ4n) is 3.23. The van der Waals surface area contributed by atoms with Gasteiger partial charge in [-0.25, -0.2) is 4.79 Å². The van der Waals surface area contributed by atoms with Crippen LogP contribution in [0.5, 0.6) is 0 Å². The van der Waals surface area contributed by atoms with Gasteiger partial charge >= 0.3 is 5.69 Å². The topological polar surface area (TPSA) is 112 Å². The molecule has 0 aliphatic rings. The van der Waals surface area contributed by atoms with Gasteiger partial charge < -0.3 is 14.8 Å². The SMILES string of the molecule is C[C@](O)(CP(=O)(c1ccccc1)c1ccccc1)[C@@H](O)Cn1cc(Br)c(=O)[nH]c1=O. The summed E-state index contributed by atoms with van der Waals surface area (Å²) in [5, 5.41) is 23.0. The van der Waals surface area contributed by atoms with E-state index in [9.17, 15) is 24.4 Å². The maximum Gasteiger partial charge on any atom is 0.328 e. The van der Waals surface area contributed by atoms with Gasteiger partial charge in [0.15, 0.2) is 0 Å². The Morgan fingerprint density at radius 2 is 1.57 bits per heavy atom. The summed E-state index contributed by atoms with van der Waals surface area (Å²) in [5.74, 6) is 0.